The van der Waals surface area contributed by atoms with E-state index in [9.17, 15) is 4.79 Å². The maximum Gasteiger partial charge on any atom is 0.230 e. The lowest BCUT2D eigenvalue weighted by Crippen LogP contribution is -2.33. The van der Waals surface area contributed by atoms with Crippen LogP contribution in [0.1, 0.15) is 31.0 Å². The van der Waals surface area contributed by atoms with Crippen LogP contribution in [0.3, 0.4) is 0 Å². The molecule has 0 radical (unpaired) electrons. The summed E-state index contributed by atoms with van der Waals surface area (Å²) in [5.74, 6) is 3.15. The molecule has 1 N–H and O–H groups in total. The summed E-state index contributed by atoms with van der Waals surface area (Å²) in [6, 6.07) is 16.1. The Hall–Kier alpha value is -2.14. The zero-order valence-corrected chi connectivity index (χ0v) is 16.1. The largest absolute Gasteiger partial charge is 0.486 e. The fourth-order valence-corrected chi connectivity index (χ4v) is 3.74. The molecule has 0 bridgehead atoms. The van der Waals surface area contributed by atoms with E-state index in [4.69, 9.17) is 9.47 Å². The van der Waals surface area contributed by atoms with Gasteiger partial charge in [0, 0.05) is 5.75 Å². The Kier molecular flexibility index (Phi) is 6.45. The summed E-state index contributed by atoms with van der Waals surface area (Å²) in [4.78, 5) is 12.4. The zero-order valence-electron chi connectivity index (χ0n) is 15.2. The van der Waals surface area contributed by atoms with E-state index < -0.39 is 0 Å². The smallest absolute Gasteiger partial charge is 0.230 e. The third kappa shape index (κ3) is 4.94. The molecule has 0 aliphatic carbocycles. The van der Waals surface area contributed by atoms with Crippen LogP contribution in [0.2, 0.25) is 0 Å². The summed E-state index contributed by atoms with van der Waals surface area (Å²) in [5.41, 5.74) is 2.28. The summed E-state index contributed by atoms with van der Waals surface area (Å²) in [7, 11) is 0. The van der Waals surface area contributed by atoms with Gasteiger partial charge in [-0.2, -0.15) is 0 Å². The predicted molar refractivity (Wildman–Crippen MR) is 106 cm³/mol. The van der Waals surface area contributed by atoms with Crippen LogP contribution in [0.5, 0.6) is 11.5 Å². The van der Waals surface area contributed by atoms with Crippen molar-refractivity contribution < 1.29 is 14.3 Å². The Morgan fingerprint density at radius 3 is 2.54 bits per heavy atom. The molecular weight excluding hydrogens is 346 g/mol. The van der Waals surface area contributed by atoms with Gasteiger partial charge >= 0.3 is 0 Å². The van der Waals surface area contributed by atoms with E-state index in [2.05, 4.69) is 31.3 Å². The Labute approximate surface area is 159 Å². The molecule has 0 spiro atoms. The quantitative estimate of drug-likeness (QED) is 0.792. The van der Waals surface area contributed by atoms with Crippen molar-refractivity contribution in [3.05, 3.63) is 59.7 Å². The van der Waals surface area contributed by atoms with Crippen LogP contribution in [0.25, 0.3) is 0 Å². The Morgan fingerprint density at radius 1 is 1.08 bits per heavy atom. The Morgan fingerprint density at radius 2 is 1.81 bits per heavy atom. The molecule has 1 heterocycles. The molecule has 5 heteroatoms. The van der Waals surface area contributed by atoms with E-state index in [1.807, 2.05) is 36.4 Å². The Bertz CT molecular complexity index is 733. The highest BCUT2D eigenvalue weighted by atomic mass is 32.2. The standard InChI is InChI=1S/C21H25NO3S/c1-15(2)21(17-8-9-18-19(12-17)25-11-10-24-18)22-20(23)14-26-13-16-6-4-3-5-7-16/h3-9,12,15,21H,10-11,13-14H2,1-2H3,(H,22,23)/t21-/m0/s1. The van der Waals surface area contributed by atoms with Crippen molar-refractivity contribution in [3.8, 4) is 11.5 Å². The highest BCUT2D eigenvalue weighted by Crippen LogP contribution is 2.34. The summed E-state index contributed by atoms with van der Waals surface area (Å²) < 4.78 is 11.3. The lowest BCUT2D eigenvalue weighted by Gasteiger charge is -2.25. The second kappa shape index (κ2) is 8.99. The van der Waals surface area contributed by atoms with Crippen LogP contribution >= 0.6 is 11.8 Å². The van der Waals surface area contributed by atoms with Gasteiger partial charge in [0.2, 0.25) is 5.91 Å². The molecule has 1 aliphatic heterocycles. The summed E-state index contributed by atoms with van der Waals surface area (Å²) >= 11 is 1.63. The molecule has 3 rings (SSSR count). The number of benzene rings is 2. The average Bonchev–Trinajstić information content (AvgIpc) is 2.66. The number of ether oxygens (including phenoxy) is 2. The average molecular weight is 372 g/mol. The van der Waals surface area contributed by atoms with Crippen LogP contribution in [0, 0.1) is 5.92 Å². The molecule has 4 nitrogen and oxygen atoms in total. The molecule has 2 aromatic rings. The van der Waals surface area contributed by atoms with Gasteiger partial charge in [-0.05, 0) is 29.2 Å². The number of fused-ring (bicyclic) bond motifs is 1. The topological polar surface area (TPSA) is 47.6 Å². The molecule has 26 heavy (non-hydrogen) atoms. The van der Waals surface area contributed by atoms with Gasteiger partial charge in [-0.15, -0.1) is 11.8 Å². The van der Waals surface area contributed by atoms with Crippen LogP contribution in [-0.4, -0.2) is 24.9 Å². The first-order chi connectivity index (χ1) is 12.6. The van der Waals surface area contributed by atoms with Gasteiger partial charge in [0.1, 0.15) is 13.2 Å². The van der Waals surface area contributed by atoms with Gasteiger partial charge < -0.3 is 14.8 Å². The van der Waals surface area contributed by atoms with Crippen molar-refractivity contribution in [2.45, 2.75) is 25.6 Å². The first-order valence-electron chi connectivity index (χ1n) is 8.94. The van der Waals surface area contributed by atoms with E-state index >= 15 is 0 Å². The van der Waals surface area contributed by atoms with Crippen molar-refractivity contribution in [2.24, 2.45) is 5.92 Å². The van der Waals surface area contributed by atoms with Crippen molar-refractivity contribution in [3.63, 3.8) is 0 Å². The fourth-order valence-electron chi connectivity index (χ4n) is 2.94. The molecule has 2 aromatic carbocycles. The number of amides is 1. The van der Waals surface area contributed by atoms with Gasteiger partial charge in [0.25, 0.3) is 0 Å². The molecule has 1 aliphatic rings. The Balaban J connectivity index is 1.58. The van der Waals surface area contributed by atoms with E-state index in [0.717, 1.165) is 22.8 Å². The van der Waals surface area contributed by atoms with Crippen LogP contribution in [-0.2, 0) is 10.5 Å². The summed E-state index contributed by atoms with van der Waals surface area (Å²) in [5, 5.41) is 3.17. The number of carbonyl (C=O) groups is 1. The van der Waals surface area contributed by atoms with Crippen molar-refractivity contribution in [1.29, 1.82) is 0 Å². The molecule has 1 atom stereocenters. The third-order valence-electron chi connectivity index (χ3n) is 4.25. The highest BCUT2D eigenvalue weighted by Gasteiger charge is 2.21. The zero-order chi connectivity index (χ0) is 18.4. The molecule has 0 saturated carbocycles. The monoisotopic (exact) mass is 371 g/mol. The second-order valence-electron chi connectivity index (χ2n) is 6.67. The van der Waals surface area contributed by atoms with Gasteiger partial charge in [-0.1, -0.05) is 50.2 Å². The van der Waals surface area contributed by atoms with Gasteiger partial charge in [0.15, 0.2) is 11.5 Å². The van der Waals surface area contributed by atoms with Crippen LogP contribution in [0.15, 0.2) is 48.5 Å². The van der Waals surface area contributed by atoms with Crippen LogP contribution < -0.4 is 14.8 Å². The molecule has 0 saturated heterocycles. The first kappa shape index (κ1) is 18.6. The fraction of sp³-hybridized carbons (Fsp3) is 0.381. The van der Waals surface area contributed by atoms with E-state index in [0.29, 0.717) is 19.0 Å². The van der Waals surface area contributed by atoms with E-state index in [-0.39, 0.29) is 17.9 Å². The molecule has 1 amide bonds. The second-order valence-corrected chi connectivity index (χ2v) is 7.66. The molecular formula is C21H25NO3S. The number of rotatable bonds is 7. The van der Waals surface area contributed by atoms with Crippen molar-refractivity contribution >= 4 is 17.7 Å². The number of hydrogen-bond donors (Lipinski definition) is 1. The maximum absolute atomic E-state index is 12.4. The third-order valence-corrected chi connectivity index (χ3v) is 5.26. The SMILES string of the molecule is CC(C)[C@H](NC(=O)CSCc1ccccc1)c1ccc2c(c1)OCCO2. The van der Waals surface area contributed by atoms with Crippen molar-refractivity contribution in [2.75, 3.05) is 19.0 Å². The molecule has 0 fully saturated rings. The summed E-state index contributed by atoms with van der Waals surface area (Å²) in [6.45, 7) is 5.36. The van der Waals surface area contributed by atoms with E-state index in [1.165, 1.54) is 5.56 Å². The summed E-state index contributed by atoms with van der Waals surface area (Å²) in [6.07, 6.45) is 0. The maximum atomic E-state index is 12.4. The molecule has 138 valence electrons. The highest BCUT2D eigenvalue weighted by molar-refractivity contribution is 7.99. The first-order valence-corrected chi connectivity index (χ1v) is 10.1. The van der Waals surface area contributed by atoms with Gasteiger partial charge in [-0.3, -0.25) is 4.79 Å². The van der Waals surface area contributed by atoms with Gasteiger partial charge in [0.05, 0.1) is 11.8 Å². The van der Waals surface area contributed by atoms with Crippen LogP contribution in [0.4, 0.5) is 0 Å². The number of hydrogen-bond acceptors (Lipinski definition) is 4. The minimum absolute atomic E-state index is 0.0457. The van der Waals surface area contributed by atoms with E-state index in [1.54, 1.807) is 11.8 Å². The normalized spacial score (nSPS) is 14.1. The molecule has 0 aromatic heterocycles. The number of carbonyl (C=O) groups excluding carboxylic acids is 1. The lowest BCUT2D eigenvalue weighted by atomic mass is 9.95. The molecule has 0 unspecified atom stereocenters. The minimum atomic E-state index is -0.0457. The minimum Gasteiger partial charge on any atom is -0.486 e. The lowest BCUT2D eigenvalue weighted by molar-refractivity contribution is -0.119. The van der Waals surface area contributed by atoms with Gasteiger partial charge in [-0.25, -0.2) is 0 Å². The number of thioether (sulfide) groups is 1. The number of nitrogens with one attached hydrogen (secondary N) is 1. The van der Waals surface area contributed by atoms with Crippen molar-refractivity contribution in [1.82, 2.24) is 5.32 Å². The predicted octanol–water partition coefficient (Wildman–Crippen LogP) is 4.20.